The summed E-state index contributed by atoms with van der Waals surface area (Å²) >= 11 is 5.88. The predicted octanol–water partition coefficient (Wildman–Crippen LogP) is 3.27. The third-order valence-electron chi connectivity index (χ3n) is 3.55. The summed E-state index contributed by atoms with van der Waals surface area (Å²) in [7, 11) is 0. The smallest absolute Gasteiger partial charge is 0.135 e. The van der Waals surface area contributed by atoms with Crippen molar-refractivity contribution in [3.63, 3.8) is 0 Å². The first-order valence-corrected chi connectivity index (χ1v) is 6.38. The van der Waals surface area contributed by atoms with Gasteiger partial charge >= 0.3 is 0 Å². The molecule has 1 aliphatic carbocycles. The minimum absolute atomic E-state index is 0.0605. The summed E-state index contributed by atoms with van der Waals surface area (Å²) in [4.78, 5) is 0. The molecule has 1 saturated carbocycles. The second-order valence-corrected chi connectivity index (χ2v) is 5.10. The van der Waals surface area contributed by atoms with E-state index in [1.54, 1.807) is 0 Å². The number of nitrogens with one attached hydrogen (secondary N) is 1. The fourth-order valence-corrected chi connectivity index (χ4v) is 2.80. The lowest BCUT2D eigenvalue weighted by Crippen LogP contribution is -2.33. The van der Waals surface area contributed by atoms with Crippen LogP contribution in [0, 0.1) is 0 Å². The number of fused-ring (bicyclic) bond motifs is 1. The number of hydrogen-bond acceptors (Lipinski definition) is 2. The topological polar surface area (TPSA) is 21.3 Å². The van der Waals surface area contributed by atoms with E-state index in [2.05, 4.69) is 5.32 Å². The molecule has 0 bridgehead atoms. The number of rotatable bonds is 1. The Labute approximate surface area is 101 Å². The Morgan fingerprint density at radius 3 is 2.62 bits per heavy atom. The summed E-state index contributed by atoms with van der Waals surface area (Å²) < 4.78 is 6.04. The molecular weight excluding hydrogens is 222 g/mol. The SMILES string of the molecule is Clc1ccc([C@H]2N[C@H]3CCCC[C@H]3O2)cc1. The van der Waals surface area contributed by atoms with Crippen molar-refractivity contribution < 1.29 is 4.74 Å². The van der Waals surface area contributed by atoms with Gasteiger partial charge in [-0.25, -0.2) is 0 Å². The molecule has 1 aromatic carbocycles. The highest BCUT2D eigenvalue weighted by atomic mass is 35.5. The third-order valence-corrected chi connectivity index (χ3v) is 3.80. The molecule has 3 rings (SSSR count). The Hall–Kier alpha value is -0.570. The fraction of sp³-hybridized carbons (Fsp3) is 0.538. The van der Waals surface area contributed by atoms with E-state index in [1.165, 1.54) is 31.2 Å². The van der Waals surface area contributed by atoms with Crippen LogP contribution >= 0.6 is 11.6 Å². The molecule has 0 radical (unpaired) electrons. The molecule has 1 N–H and O–H groups in total. The highest BCUT2D eigenvalue weighted by Crippen LogP contribution is 2.33. The maximum absolute atomic E-state index is 6.04. The monoisotopic (exact) mass is 237 g/mol. The molecular formula is C13H16ClNO. The Morgan fingerprint density at radius 1 is 1.12 bits per heavy atom. The van der Waals surface area contributed by atoms with Crippen molar-refractivity contribution in [3.8, 4) is 0 Å². The Kier molecular flexibility index (Phi) is 2.88. The van der Waals surface area contributed by atoms with Crippen LogP contribution in [-0.2, 0) is 4.74 Å². The van der Waals surface area contributed by atoms with Crippen LogP contribution in [0.25, 0.3) is 0 Å². The van der Waals surface area contributed by atoms with Crippen molar-refractivity contribution in [2.45, 2.75) is 44.1 Å². The summed E-state index contributed by atoms with van der Waals surface area (Å²) in [6.07, 6.45) is 5.54. The molecule has 16 heavy (non-hydrogen) atoms. The van der Waals surface area contributed by atoms with Crippen molar-refractivity contribution in [3.05, 3.63) is 34.9 Å². The second kappa shape index (κ2) is 4.36. The van der Waals surface area contributed by atoms with Crippen molar-refractivity contribution in [1.29, 1.82) is 0 Å². The Bertz CT molecular complexity index is 351. The van der Waals surface area contributed by atoms with Gasteiger partial charge in [-0.15, -0.1) is 0 Å². The van der Waals surface area contributed by atoms with Crippen LogP contribution in [-0.4, -0.2) is 12.1 Å². The van der Waals surface area contributed by atoms with Gasteiger partial charge in [0.05, 0.1) is 6.10 Å². The standard InChI is InChI=1S/C13H16ClNO/c14-10-7-5-9(6-8-10)13-15-11-3-1-2-4-12(11)16-13/h5-8,11-13,15H,1-4H2/t11-,12+,13-/m0/s1. The summed E-state index contributed by atoms with van der Waals surface area (Å²) in [6.45, 7) is 0. The van der Waals surface area contributed by atoms with Crippen LogP contribution < -0.4 is 5.32 Å². The van der Waals surface area contributed by atoms with Gasteiger partial charge in [0, 0.05) is 11.1 Å². The van der Waals surface area contributed by atoms with E-state index in [9.17, 15) is 0 Å². The minimum Gasteiger partial charge on any atom is -0.354 e. The van der Waals surface area contributed by atoms with Gasteiger partial charge in [-0.1, -0.05) is 36.6 Å². The van der Waals surface area contributed by atoms with Crippen LogP contribution in [0.3, 0.4) is 0 Å². The first-order valence-electron chi connectivity index (χ1n) is 6.00. The molecule has 0 aromatic heterocycles. The van der Waals surface area contributed by atoms with Gasteiger partial charge in [0.1, 0.15) is 6.23 Å². The molecule has 2 fully saturated rings. The zero-order chi connectivity index (χ0) is 11.0. The van der Waals surface area contributed by atoms with E-state index < -0.39 is 0 Å². The molecule has 0 amide bonds. The zero-order valence-corrected chi connectivity index (χ0v) is 9.91. The minimum atomic E-state index is 0.0605. The maximum Gasteiger partial charge on any atom is 0.135 e. The van der Waals surface area contributed by atoms with Crippen LogP contribution in [0.1, 0.15) is 37.5 Å². The predicted molar refractivity (Wildman–Crippen MR) is 64.5 cm³/mol. The highest BCUT2D eigenvalue weighted by Gasteiger charge is 2.36. The van der Waals surface area contributed by atoms with Gasteiger partial charge < -0.3 is 4.74 Å². The van der Waals surface area contributed by atoms with Crippen LogP contribution in [0.5, 0.6) is 0 Å². The van der Waals surface area contributed by atoms with Crippen molar-refractivity contribution in [2.24, 2.45) is 0 Å². The molecule has 2 nitrogen and oxygen atoms in total. The third kappa shape index (κ3) is 1.97. The average Bonchev–Trinajstić information content (AvgIpc) is 2.73. The van der Waals surface area contributed by atoms with Crippen molar-refractivity contribution in [2.75, 3.05) is 0 Å². The number of benzene rings is 1. The van der Waals surface area contributed by atoms with E-state index in [1.807, 2.05) is 24.3 Å². The lowest BCUT2D eigenvalue weighted by Gasteiger charge is -2.22. The van der Waals surface area contributed by atoms with Gasteiger partial charge in [0.25, 0.3) is 0 Å². The van der Waals surface area contributed by atoms with Crippen LogP contribution in [0.15, 0.2) is 24.3 Å². The molecule has 2 aliphatic rings. The summed E-state index contributed by atoms with van der Waals surface area (Å²) in [5.74, 6) is 0. The second-order valence-electron chi connectivity index (χ2n) is 4.66. The van der Waals surface area contributed by atoms with Gasteiger partial charge in [0.15, 0.2) is 0 Å². The average molecular weight is 238 g/mol. The van der Waals surface area contributed by atoms with E-state index in [0.717, 1.165) is 5.02 Å². The molecule has 0 spiro atoms. The lowest BCUT2D eigenvalue weighted by atomic mass is 9.93. The summed E-state index contributed by atoms with van der Waals surface area (Å²) in [6, 6.07) is 8.47. The molecule has 1 heterocycles. The summed E-state index contributed by atoms with van der Waals surface area (Å²) in [5.41, 5.74) is 1.18. The molecule has 0 unspecified atom stereocenters. The van der Waals surface area contributed by atoms with E-state index in [4.69, 9.17) is 16.3 Å². The van der Waals surface area contributed by atoms with Crippen LogP contribution in [0.4, 0.5) is 0 Å². The molecule has 1 aliphatic heterocycles. The highest BCUT2D eigenvalue weighted by molar-refractivity contribution is 6.30. The van der Waals surface area contributed by atoms with Gasteiger partial charge in [-0.05, 0) is 30.5 Å². The largest absolute Gasteiger partial charge is 0.354 e. The normalized spacial score (nSPS) is 33.7. The zero-order valence-electron chi connectivity index (χ0n) is 9.16. The van der Waals surface area contributed by atoms with E-state index >= 15 is 0 Å². The number of halogens is 1. The molecule has 86 valence electrons. The molecule has 3 heteroatoms. The quantitative estimate of drug-likeness (QED) is 0.810. The van der Waals surface area contributed by atoms with E-state index in [0.29, 0.717) is 12.1 Å². The van der Waals surface area contributed by atoms with Crippen LogP contribution in [0.2, 0.25) is 5.02 Å². The Morgan fingerprint density at radius 2 is 1.88 bits per heavy atom. The Balaban J connectivity index is 1.75. The van der Waals surface area contributed by atoms with Crippen molar-refractivity contribution in [1.82, 2.24) is 5.32 Å². The first kappa shape index (κ1) is 10.6. The summed E-state index contributed by atoms with van der Waals surface area (Å²) in [5, 5.41) is 4.34. The molecule has 3 atom stereocenters. The molecule has 1 aromatic rings. The van der Waals surface area contributed by atoms with Gasteiger partial charge in [-0.2, -0.15) is 0 Å². The lowest BCUT2D eigenvalue weighted by molar-refractivity contribution is 0.0246. The number of hydrogen-bond donors (Lipinski definition) is 1. The fourth-order valence-electron chi connectivity index (χ4n) is 2.67. The molecule has 1 saturated heterocycles. The number of ether oxygens (including phenoxy) is 1. The first-order chi connectivity index (χ1) is 7.83. The van der Waals surface area contributed by atoms with E-state index in [-0.39, 0.29) is 6.23 Å². The van der Waals surface area contributed by atoms with Gasteiger partial charge in [0.2, 0.25) is 0 Å². The van der Waals surface area contributed by atoms with Gasteiger partial charge in [-0.3, -0.25) is 5.32 Å². The van der Waals surface area contributed by atoms with Crippen molar-refractivity contribution >= 4 is 11.6 Å². The maximum atomic E-state index is 6.04.